The minimum Gasteiger partial charge on any atom is -0.476 e. The Kier molecular flexibility index (Phi) is 2.63. The van der Waals surface area contributed by atoms with Crippen molar-refractivity contribution in [2.75, 3.05) is 0 Å². The van der Waals surface area contributed by atoms with Crippen LogP contribution in [0.4, 0.5) is 0 Å². The zero-order valence-electron chi connectivity index (χ0n) is 8.68. The number of imidazole rings is 1. The number of nitrogens with zero attached hydrogens (tertiary/aromatic N) is 3. The lowest BCUT2D eigenvalue weighted by Crippen LogP contribution is -2.22. The number of aromatic carboxylic acids is 1. The highest BCUT2D eigenvalue weighted by Gasteiger charge is 2.47. The van der Waals surface area contributed by atoms with Crippen LogP contribution in [0.1, 0.15) is 29.0 Å². The second-order valence-electron chi connectivity index (χ2n) is 3.88. The van der Waals surface area contributed by atoms with Crippen LogP contribution in [0.15, 0.2) is 6.33 Å². The molecule has 1 saturated carbocycles. The molecule has 0 radical (unpaired) electrons. The number of carboxylic acids is 1. The Balaban J connectivity index is 2.25. The molecule has 1 N–H and O–H groups in total. The zero-order chi connectivity index (χ0) is 12.6. The predicted molar refractivity (Wildman–Crippen MR) is 56.7 cm³/mol. The molecule has 7 heteroatoms. The third-order valence-corrected chi connectivity index (χ3v) is 3.24. The average molecular weight is 254 g/mol. The number of rotatable bonds is 4. The molecule has 0 aromatic carbocycles. The molecule has 6 nitrogen and oxygen atoms in total. The topological polar surface area (TPSA) is 96.0 Å². The fraction of sp³-hybridized carbons (Fsp3) is 0.400. The number of carboxylic acid groups (broad SMARTS) is 1. The minimum atomic E-state index is -1.29. The zero-order valence-corrected chi connectivity index (χ0v) is 9.44. The Bertz CT molecular complexity index is 539. The third kappa shape index (κ3) is 2.01. The van der Waals surface area contributed by atoms with Gasteiger partial charge in [0, 0.05) is 0 Å². The molecule has 0 atom stereocenters. The molecule has 88 valence electrons. The quantitative estimate of drug-likeness (QED) is 0.801. The molecule has 2 rings (SSSR count). The Morgan fingerprint density at radius 3 is 2.76 bits per heavy atom. The fourth-order valence-electron chi connectivity index (χ4n) is 1.46. The number of carbonyl (C=O) groups excluding carboxylic acids is 1. The Morgan fingerprint density at radius 2 is 2.29 bits per heavy atom. The maximum Gasteiger partial charge on any atom is 0.357 e. The fourth-order valence-corrected chi connectivity index (χ4v) is 1.62. The van der Waals surface area contributed by atoms with Gasteiger partial charge in [0.05, 0.1) is 12.9 Å². The number of hydrogen-bond acceptors (Lipinski definition) is 4. The van der Waals surface area contributed by atoms with Crippen molar-refractivity contribution in [1.29, 1.82) is 5.26 Å². The summed E-state index contributed by atoms with van der Waals surface area (Å²) < 4.78 is 1.22. The van der Waals surface area contributed by atoms with E-state index in [2.05, 4.69) is 4.98 Å². The Hall–Kier alpha value is -1.87. The van der Waals surface area contributed by atoms with Gasteiger partial charge in [0.15, 0.2) is 17.2 Å². The van der Waals surface area contributed by atoms with Gasteiger partial charge in [-0.15, -0.1) is 11.6 Å². The predicted octanol–water partition coefficient (Wildman–Crippen LogP) is 0.793. The standard InChI is InChI=1S/C10H8ClN3O3/c11-10(1-2-10)7(15)4-14-5-13-8(9(16)17)6(14)3-12/h5H,1-2,4H2,(H,16,17). The largest absolute Gasteiger partial charge is 0.476 e. The molecule has 0 bridgehead atoms. The highest BCUT2D eigenvalue weighted by atomic mass is 35.5. The molecule has 0 saturated heterocycles. The lowest BCUT2D eigenvalue weighted by atomic mass is 10.2. The number of alkyl halides is 1. The molecule has 0 unspecified atom stereocenters. The summed E-state index contributed by atoms with van der Waals surface area (Å²) in [6, 6.07) is 1.73. The van der Waals surface area contributed by atoms with Gasteiger partial charge in [-0.25, -0.2) is 9.78 Å². The molecule has 0 spiro atoms. The normalized spacial score (nSPS) is 16.2. The van der Waals surface area contributed by atoms with Crippen LogP contribution in [0.5, 0.6) is 0 Å². The van der Waals surface area contributed by atoms with Crippen molar-refractivity contribution < 1.29 is 14.7 Å². The van der Waals surface area contributed by atoms with E-state index < -0.39 is 10.8 Å². The van der Waals surface area contributed by atoms with E-state index in [1.54, 1.807) is 6.07 Å². The number of ketones is 1. The van der Waals surface area contributed by atoms with E-state index in [1.165, 1.54) is 10.9 Å². The number of carbonyl (C=O) groups is 2. The minimum absolute atomic E-state index is 0.118. The summed E-state index contributed by atoms with van der Waals surface area (Å²) in [4.78, 5) is 25.2. The van der Waals surface area contributed by atoms with Gasteiger partial charge in [-0.05, 0) is 12.8 Å². The number of Topliss-reactive ketones (excluding diaryl/α,β-unsaturated/α-hetero) is 1. The van der Waals surface area contributed by atoms with E-state index in [9.17, 15) is 9.59 Å². The van der Waals surface area contributed by atoms with E-state index in [4.69, 9.17) is 22.0 Å². The van der Waals surface area contributed by atoms with Crippen molar-refractivity contribution >= 4 is 23.4 Å². The highest BCUT2D eigenvalue weighted by molar-refractivity contribution is 6.37. The van der Waals surface area contributed by atoms with Crippen LogP contribution >= 0.6 is 11.6 Å². The van der Waals surface area contributed by atoms with Gasteiger partial charge in [-0.1, -0.05) is 0 Å². The van der Waals surface area contributed by atoms with Crippen LogP contribution < -0.4 is 0 Å². The number of nitriles is 1. The van der Waals surface area contributed by atoms with Crippen molar-refractivity contribution in [3.05, 3.63) is 17.7 Å². The lowest BCUT2D eigenvalue weighted by molar-refractivity contribution is -0.120. The SMILES string of the molecule is N#Cc1c(C(=O)O)ncn1CC(=O)C1(Cl)CC1. The van der Waals surface area contributed by atoms with Gasteiger partial charge >= 0.3 is 5.97 Å². The van der Waals surface area contributed by atoms with Crippen molar-refractivity contribution in [2.24, 2.45) is 0 Å². The van der Waals surface area contributed by atoms with Gasteiger partial charge in [0.1, 0.15) is 10.9 Å². The summed E-state index contributed by atoms with van der Waals surface area (Å²) in [7, 11) is 0. The van der Waals surface area contributed by atoms with Crippen molar-refractivity contribution in [3.8, 4) is 6.07 Å². The summed E-state index contributed by atoms with van der Waals surface area (Å²) in [5, 5.41) is 17.6. The monoisotopic (exact) mass is 253 g/mol. The van der Waals surface area contributed by atoms with Gasteiger partial charge < -0.3 is 9.67 Å². The van der Waals surface area contributed by atoms with Crippen LogP contribution in [0.3, 0.4) is 0 Å². The maximum atomic E-state index is 11.7. The smallest absolute Gasteiger partial charge is 0.357 e. The van der Waals surface area contributed by atoms with Crippen LogP contribution in [0, 0.1) is 11.3 Å². The number of aromatic nitrogens is 2. The van der Waals surface area contributed by atoms with Gasteiger partial charge in [-0.3, -0.25) is 4.79 Å². The highest BCUT2D eigenvalue weighted by Crippen LogP contribution is 2.43. The first kappa shape index (κ1) is 11.6. The summed E-state index contributed by atoms with van der Waals surface area (Å²) in [6.07, 6.45) is 2.41. The molecule has 1 aromatic heterocycles. The van der Waals surface area contributed by atoms with E-state index >= 15 is 0 Å². The molecule has 0 aliphatic heterocycles. The molecule has 1 aliphatic rings. The summed E-state index contributed by atoms with van der Waals surface area (Å²) >= 11 is 5.93. The first-order chi connectivity index (χ1) is 7.98. The van der Waals surface area contributed by atoms with Gasteiger partial charge in [0.2, 0.25) is 0 Å². The van der Waals surface area contributed by atoms with E-state index in [-0.39, 0.29) is 23.7 Å². The van der Waals surface area contributed by atoms with Crippen LogP contribution in [0.25, 0.3) is 0 Å². The Morgan fingerprint density at radius 1 is 1.65 bits per heavy atom. The first-order valence-electron chi connectivity index (χ1n) is 4.88. The average Bonchev–Trinajstić information content (AvgIpc) is 2.90. The first-order valence-corrected chi connectivity index (χ1v) is 5.26. The summed E-state index contributed by atoms with van der Waals surface area (Å²) in [5.41, 5.74) is -0.480. The third-order valence-electron chi connectivity index (χ3n) is 2.65. The van der Waals surface area contributed by atoms with E-state index in [1.807, 2.05) is 0 Å². The van der Waals surface area contributed by atoms with E-state index in [0.717, 1.165) is 0 Å². The van der Waals surface area contributed by atoms with Crippen LogP contribution in [-0.2, 0) is 11.3 Å². The molecule has 17 heavy (non-hydrogen) atoms. The van der Waals surface area contributed by atoms with Crippen LogP contribution in [-0.4, -0.2) is 31.3 Å². The summed E-state index contributed by atoms with van der Waals surface area (Å²) in [5.74, 6) is -1.51. The molecular formula is C10H8ClN3O3. The van der Waals surface area contributed by atoms with Crippen LogP contribution in [0.2, 0.25) is 0 Å². The van der Waals surface area contributed by atoms with E-state index in [0.29, 0.717) is 12.8 Å². The molecule has 1 fully saturated rings. The van der Waals surface area contributed by atoms with Gasteiger partial charge in [0.25, 0.3) is 0 Å². The molecular weight excluding hydrogens is 246 g/mol. The van der Waals surface area contributed by atoms with Crippen molar-refractivity contribution in [2.45, 2.75) is 24.3 Å². The second kappa shape index (κ2) is 3.86. The van der Waals surface area contributed by atoms with Gasteiger partial charge in [-0.2, -0.15) is 5.26 Å². The second-order valence-corrected chi connectivity index (χ2v) is 4.60. The lowest BCUT2D eigenvalue weighted by Gasteiger charge is -2.06. The van der Waals surface area contributed by atoms with Crippen molar-refractivity contribution in [3.63, 3.8) is 0 Å². The maximum absolute atomic E-state index is 11.7. The molecule has 0 amide bonds. The summed E-state index contributed by atoms with van der Waals surface area (Å²) in [6.45, 7) is -0.118. The van der Waals surface area contributed by atoms with Crippen molar-refractivity contribution in [1.82, 2.24) is 9.55 Å². The Labute approximate surface area is 101 Å². The molecule has 1 aromatic rings. The number of halogens is 1. The molecule has 1 aliphatic carbocycles. The number of hydrogen-bond donors (Lipinski definition) is 1. The molecule has 1 heterocycles.